The molecule has 0 saturated heterocycles. The molecule has 5 heteroatoms. The first kappa shape index (κ1) is 15.4. The number of rotatable bonds is 3. The average Bonchev–Trinajstić information content (AvgIpc) is 2.45. The summed E-state index contributed by atoms with van der Waals surface area (Å²) in [6.07, 6.45) is 0. The molecule has 1 aromatic carbocycles. The minimum atomic E-state index is -0.00593. The molecule has 2 aromatic rings. The van der Waals surface area contributed by atoms with E-state index < -0.39 is 0 Å². The first-order chi connectivity index (χ1) is 9.86. The topological polar surface area (TPSA) is 50.2 Å². The highest BCUT2D eigenvalue weighted by Gasteiger charge is 2.15. The van der Waals surface area contributed by atoms with Gasteiger partial charge in [-0.1, -0.05) is 44.5 Å². The van der Waals surface area contributed by atoms with Crippen LogP contribution in [0.4, 0.5) is 5.82 Å². The Kier molecular flexibility index (Phi) is 4.58. The number of hydrazone groups is 1. The van der Waals surface area contributed by atoms with Crippen LogP contribution in [0.1, 0.15) is 39.0 Å². The molecule has 2 rings (SSSR count). The fraction of sp³-hybridized carbons (Fsp3) is 0.312. The highest BCUT2D eigenvalue weighted by molar-refractivity contribution is 6.30. The van der Waals surface area contributed by atoms with Crippen molar-refractivity contribution in [3.63, 3.8) is 0 Å². The van der Waals surface area contributed by atoms with Crippen LogP contribution < -0.4 is 5.43 Å². The number of hydrogen-bond donors (Lipinski definition) is 1. The second-order valence-electron chi connectivity index (χ2n) is 5.87. The standard InChI is InChI=1S/C16H19ClN4/c1-11(12-5-7-13(17)8-6-12)18-20-15-10-9-14(19-21-15)16(2,3)4/h5-10H,1-4H3,(H,20,21)/b18-11+. The van der Waals surface area contributed by atoms with E-state index in [1.165, 1.54) is 0 Å². The lowest BCUT2D eigenvalue weighted by Crippen LogP contribution is -2.14. The monoisotopic (exact) mass is 302 g/mol. The summed E-state index contributed by atoms with van der Waals surface area (Å²) < 4.78 is 0. The lowest BCUT2D eigenvalue weighted by molar-refractivity contribution is 0.559. The fourth-order valence-electron chi connectivity index (χ4n) is 1.69. The minimum Gasteiger partial charge on any atom is -0.260 e. The molecule has 4 nitrogen and oxygen atoms in total. The molecule has 1 aromatic heterocycles. The molecule has 21 heavy (non-hydrogen) atoms. The molecular weight excluding hydrogens is 284 g/mol. The number of benzene rings is 1. The number of aromatic nitrogens is 2. The van der Waals surface area contributed by atoms with Crippen molar-refractivity contribution in [2.45, 2.75) is 33.1 Å². The van der Waals surface area contributed by atoms with E-state index in [4.69, 9.17) is 11.6 Å². The molecule has 1 N–H and O–H groups in total. The summed E-state index contributed by atoms with van der Waals surface area (Å²) in [5.41, 5.74) is 5.72. The maximum absolute atomic E-state index is 5.87. The van der Waals surface area contributed by atoms with Crippen LogP contribution in [0.5, 0.6) is 0 Å². The molecule has 0 aliphatic carbocycles. The second-order valence-corrected chi connectivity index (χ2v) is 6.31. The van der Waals surface area contributed by atoms with Crippen molar-refractivity contribution < 1.29 is 0 Å². The largest absolute Gasteiger partial charge is 0.260 e. The van der Waals surface area contributed by atoms with E-state index in [9.17, 15) is 0 Å². The third-order valence-electron chi connectivity index (χ3n) is 3.03. The van der Waals surface area contributed by atoms with Gasteiger partial charge in [-0.25, -0.2) is 0 Å². The van der Waals surface area contributed by atoms with Crippen LogP contribution in [0.15, 0.2) is 41.5 Å². The molecule has 0 spiro atoms. The molecule has 0 amide bonds. The molecule has 0 bridgehead atoms. The average molecular weight is 303 g/mol. The Morgan fingerprint density at radius 2 is 1.71 bits per heavy atom. The lowest BCUT2D eigenvalue weighted by Gasteiger charge is -2.16. The maximum Gasteiger partial charge on any atom is 0.168 e. The van der Waals surface area contributed by atoms with E-state index in [1.54, 1.807) is 0 Å². The van der Waals surface area contributed by atoms with Crippen molar-refractivity contribution in [1.29, 1.82) is 0 Å². The van der Waals surface area contributed by atoms with Crippen molar-refractivity contribution in [3.05, 3.63) is 52.7 Å². The number of hydrogen-bond acceptors (Lipinski definition) is 4. The van der Waals surface area contributed by atoms with Crippen molar-refractivity contribution in [2.75, 3.05) is 5.43 Å². The maximum atomic E-state index is 5.87. The lowest BCUT2D eigenvalue weighted by atomic mass is 9.92. The van der Waals surface area contributed by atoms with Crippen molar-refractivity contribution in [2.24, 2.45) is 5.10 Å². The Morgan fingerprint density at radius 1 is 1.05 bits per heavy atom. The Hall–Kier alpha value is -1.94. The normalized spacial score (nSPS) is 12.3. The van der Waals surface area contributed by atoms with E-state index in [0.29, 0.717) is 10.8 Å². The second kappa shape index (κ2) is 6.22. The Bertz CT molecular complexity index is 625. The van der Waals surface area contributed by atoms with Crippen LogP contribution in [0.25, 0.3) is 0 Å². The Balaban J connectivity index is 2.08. The third kappa shape index (κ3) is 4.26. The zero-order valence-electron chi connectivity index (χ0n) is 12.7. The predicted molar refractivity (Wildman–Crippen MR) is 88.0 cm³/mol. The molecule has 0 aliphatic heterocycles. The minimum absolute atomic E-state index is 0.00593. The van der Waals surface area contributed by atoms with Crippen LogP contribution in [0, 0.1) is 0 Å². The number of nitrogens with one attached hydrogen (secondary N) is 1. The van der Waals surface area contributed by atoms with Crippen molar-refractivity contribution >= 4 is 23.1 Å². The zero-order chi connectivity index (χ0) is 15.5. The van der Waals surface area contributed by atoms with Gasteiger partial charge in [-0.05, 0) is 36.8 Å². The quantitative estimate of drug-likeness (QED) is 0.680. The van der Waals surface area contributed by atoms with Gasteiger partial charge >= 0.3 is 0 Å². The van der Waals surface area contributed by atoms with Crippen molar-refractivity contribution in [3.8, 4) is 0 Å². The van der Waals surface area contributed by atoms with E-state index in [1.807, 2.05) is 43.3 Å². The number of anilines is 1. The zero-order valence-corrected chi connectivity index (χ0v) is 13.4. The third-order valence-corrected chi connectivity index (χ3v) is 3.29. The highest BCUT2D eigenvalue weighted by atomic mass is 35.5. The van der Waals surface area contributed by atoms with Gasteiger partial charge in [0.25, 0.3) is 0 Å². The summed E-state index contributed by atoms with van der Waals surface area (Å²) in [7, 11) is 0. The number of halogens is 1. The molecule has 0 saturated carbocycles. The first-order valence-electron chi connectivity index (χ1n) is 6.77. The summed E-state index contributed by atoms with van der Waals surface area (Å²) in [6, 6.07) is 11.4. The van der Waals surface area contributed by atoms with Crippen LogP contribution in [0.3, 0.4) is 0 Å². The van der Waals surface area contributed by atoms with Gasteiger partial charge in [0.1, 0.15) is 0 Å². The van der Waals surface area contributed by atoms with Gasteiger partial charge in [0, 0.05) is 10.4 Å². The van der Waals surface area contributed by atoms with E-state index >= 15 is 0 Å². The van der Waals surface area contributed by atoms with E-state index in [2.05, 4.69) is 41.5 Å². The van der Waals surface area contributed by atoms with E-state index in [0.717, 1.165) is 17.0 Å². The summed E-state index contributed by atoms with van der Waals surface area (Å²) in [5, 5.41) is 13.4. The van der Waals surface area contributed by atoms with Crippen LogP contribution in [-0.4, -0.2) is 15.9 Å². The summed E-state index contributed by atoms with van der Waals surface area (Å²) in [6.45, 7) is 8.24. The predicted octanol–water partition coefficient (Wildman–Crippen LogP) is 4.26. The summed E-state index contributed by atoms with van der Waals surface area (Å²) >= 11 is 5.87. The Morgan fingerprint density at radius 3 is 2.24 bits per heavy atom. The van der Waals surface area contributed by atoms with Crippen LogP contribution >= 0.6 is 11.6 Å². The van der Waals surface area contributed by atoms with Crippen LogP contribution in [0.2, 0.25) is 5.02 Å². The molecule has 110 valence electrons. The van der Waals surface area contributed by atoms with Gasteiger partial charge in [0.15, 0.2) is 5.82 Å². The Labute approximate surface area is 130 Å². The first-order valence-corrected chi connectivity index (χ1v) is 7.14. The molecule has 1 heterocycles. The molecule has 0 atom stereocenters. The smallest absolute Gasteiger partial charge is 0.168 e. The SMILES string of the molecule is C/C(=N\Nc1ccc(C(C)(C)C)nn1)c1ccc(Cl)cc1. The number of nitrogens with zero attached hydrogens (tertiary/aromatic N) is 3. The highest BCUT2D eigenvalue weighted by Crippen LogP contribution is 2.19. The van der Waals surface area contributed by atoms with Crippen LogP contribution in [-0.2, 0) is 5.41 Å². The van der Waals surface area contributed by atoms with E-state index in [-0.39, 0.29) is 5.41 Å². The van der Waals surface area contributed by atoms with Gasteiger partial charge in [-0.15, -0.1) is 5.10 Å². The molecular formula is C16H19ClN4. The van der Waals surface area contributed by atoms with Gasteiger partial charge in [0.05, 0.1) is 11.4 Å². The van der Waals surface area contributed by atoms with Gasteiger partial charge < -0.3 is 0 Å². The van der Waals surface area contributed by atoms with Gasteiger partial charge in [0.2, 0.25) is 0 Å². The summed E-state index contributed by atoms with van der Waals surface area (Å²) in [4.78, 5) is 0. The molecule has 0 radical (unpaired) electrons. The molecule has 0 fully saturated rings. The molecule has 0 unspecified atom stereocenters. The van der Waals surface area contributed by atoms with Crippen molar-refractivity contribution in [1.82, 2.24) is 10.2 Å². The van der Waals surface area contributed by atoms with Gasteiger partial charge in [-0.2, -0.15) is 10.2 Å². The van der Waals surface area contributed by atoms with Gasteiger partial charge in [-0.3, -0.25) is 5.43 Å². The summed E-state index contributed by atoms with van der Waals surface area (Å²) in [5.74, 6) is 0.622. The molecule has 0 aliphatic rings. The fourth-order valence-corrected chi connectivity index (χ4v) is 1.81.